The predicted octanol–water partition coefficient (Wildman–Crippen LogP) is 3.14. The summed E-state index contributed by atoms with van der Waals surface area (Å²) in [6, 6.07) is 10.2. The lowest BCUT2D eigenvalue weighted by molar-refractivity contribution is 0.0587. The Morgan fingerprint density at radius 2 is 1.79 bits per heavy atom. The van der Waals surface area contributed by atoms with Crippen molar-refractivity contribution in [2.24, 2.45) is 5.41 Å². The molecular weight excluding hydrogens is 324 g/mol. The molecule has 2 aromatic rings. The van der Waals surface area contributed by atoms with Crippen molar-refractivity contribution >= 4 is 28.8 Å². The predicted molar refractivity (Wildman–Crippen MR) is 96.5 cm³/mol. The maximum atomic E-state index is 12.1. The van der Waals surface area contributed by atoms with E-state index in [4.69, 9.17) is 0 Å². The Bertz CT molecular complexity index is 688. The van der Waals surface area contributed by atoms with Gasteiger partial charge in [0.15, 0.2) is 0 Å². The van der Waals surface area contributed by atoms with Gasteiger partial charge in [-0.1, -0.05) is 26.8 Å². The fourth-order valence-electron chi connectivity index (χ4n) is 1.90. The van der Waals surface area contributed by atoms with Gasteiger partial charge in [0.25, 0.3) is 11.8 Å². The van der Waals surface area contributed by atoms with Crippen LogP contribution in [0, 0.1) is 5.41 Å². The van der Waals surface area contributed by atoms with E-state index in [0.717, 1.165) is 0 Å². The van der Waals surface area contributed by atoms with Crippen molar-refractivity contribution in [1.29, 1.82) is 0 Å². The molecule has 0 aliphatic rings. The second kappa shape index (κ2) is 7.59. The normalized spacial score (nSPS) is 12.5. The summed E-state index contributed by atoms with van der Waals surface area (Å²) in [5.74, 6) is -0.426. The number of rotatable bonds is 5. The van der Waals surface area contributed by atoms with Crippen molar-refractivity contribution in [2.45, 2.75) is 26.9 Å². The summed E-state index contributed by atoms with van der Waals surface area (Å²) in [6.07, 6.45) is -0.620. The number of aliphatic hydroxyl groups excluding tert-OH is 1. The highest BCUT2D eigenvalue weighted by Crippen LogP contribution is 2.18. The molecule has 0 saturated heterocycles. The molecule has 5 nitrogen and oxygen atoms in total. The first-order valence-electron chi connectivity index (χ1n) is 7.68. The van der Waals surface area contributed by atoms with Crippen LogP contribution in [0.3, 0.4) is 0 Å². The number of hydrogen-bond donors (Lipinski definition) is 3. The molecular formula is C18H22N2O3S. The number of anilines is 1. The molecule has 1 aromatic heterocycles. The number of nitrogens with one attached hydrogen (secondary N) is 2. The number of carbonyl (C=O) groups excluding carboxylic acids is 2. The molecule has 128 valence electrons. The first-order chi connectivity index (χ1) is 11.3. The largest absolute Gasteiger partial charge is 0.391 e. The molecule has 1 unspecified atom stereocenters. The van der Waals surface area contributed by atoms with E-state index in [1.165, 1.54) is 11.3 Å². The van der Waals surface area contributed by atoms with E-state index in [-0.39, 0.29) is 23.8 Å². The first kappa shape index (κ1) is 18.2. The zero-order valence-corrected chi connectivity index (χ0v) is 14.8. The summed E-state index contributed by atoms with van der Waals surface area (Å²) >= 11 is 1.37. The second-order valence-corrected chi connectivity index (χ2v) is 7.55. The molecule has 2 rings (SSSR count). The van der Waals surface area contributed by atoms with Gasteiger partial charge in [0, 0.05) is 17.8 Å². The molecule has 24 heavy (non-hydrogen) atoms. The Morgan fingerprint density at radius 1 is 1.12 bits per heavy atom. The van der Waals surface area contributed by atoms with E-state index in [9.17, 15) is 14.7 Å². The van der Waals surface area contributed by atoms with Crippen LogP contribution in [0.15, 0.2) is 41.8 Å². The standard InChI is InChI=1S/C18H22N2O3S/c1-18(2,3)15(21)11-19-16(22)12-6-8-13(9-7-12)20-17(23)14-5-4-10-24-14/h4-10,15,21H,11H2,1-3H3,(H,19,22)(H,20,23). The van der Waals surface area contributed by atoms with E-state index < -0.39 is 6.10 Å². The zero-order chi connectivity index (χ0) is 17.7. The molecule has 0 saturated carbocycles. The van der Waals surface area contributed by atoms with Gasteiger partial charge in [-0.25, -0.2) is 0 Å². The Hall–Kier alpha value is -2.18. The fraction of sp³-hybridized carbons (Fsp3) is 0.333. The fourth-order valence-corrected chi connectivity index (χ4v) is 2.52. The average molecular weight is 346 g/mol. The minimum Gasteiger partial charge on any atom is -0.391 e. The van der Waals surface area contributed by atoms with Gasteiger partial charge in [0.2, 0.25) is 0 Å². The van der Waals surface area contributed by atoms with Crippen LogP contribution in [-0.4, -0.2) is 29.6 Å². The monoisotopic (exact) mass is 346 g/mol. The van der Waals surface area contributed by atoms with Gasteiger partial charge in [-0.05, 0) is 41.1 Å². The molecule has 0 aliphatic carbocycles. The van der Waals surface area contributed by atoms with Crippen LogP contribution in [0.25, 0.3) is 0 Å². The van der Waals surface area contributed by atoms with Crippen LogP contribution < -0.4 is 10.6 Å². The number of carbonyl (C=O) groups is 2. The maximum absolute atomic E-state index is 12.1. The molecule has 1 heterocycles. The lowest BCUT2D eigenvalue weighted by atomic mass is 9.89. The Morgan fingerprint density at radius 3 is 2.33 bits per heavy atom. The van der Waals surface area contributed by atoms with Crippen molar-refractivity contribution in [1.82, 2.24) is 5.32 Å². The van der Waals surface area contributed by atoms with Gasteiger partial charge in [-0.15, -0.1) is 11.3 Å². The van der Waals surface area contributed by atoms with Crippen LogP contribution in [0.2, 0.25) is 0 Å². The summed E-state index contributed by atoms with van der Waals surface area (Å²) in [5, 5.41) is 17.3. The number of hydrogen-bond acceptors (Lipinski definition) is 4. The van der Waals surface area contributed by atoms with Crippen LogP contribution in [0.5, 0.6) is 0 Å². The van der Waals surface area contributed by atoms with E-state index in [1.807, 2.05) is 32.2 Å². The number of benzene rings is 1. The van der Waals surface area contributed by atoms with E-state index >= 15 is 0 Å². The highest BCUT2D eigenvalue weighted by atomic mass is 32.1. The third-order valence-corrected chi connectivity index (χ3v) is 4.47. The highest BCUT2D eigenvalue weighted by Gasteiger charge is 2.22. The minimum atomic E-state index is -0.620. The third-order valence-electron chi connectivity index (χ3n) is 3.61. The minimum absolute atomic E-state index is 0.171. The zero-order valence-electron chi connectivity index (χ0n) is 14.0. The Kier molecular flexibility index (Phi) is 5.75. The molecule has 0 spiro atoms. The summed E-state index contributed by atoms with van der Waals surface area (Å²) in [4.78, 5) is 24.7. The molecule has 6 heteroatoms. The van der Waals surface area contributed by atoms with Crippen LogP contribution >= 0.6 is 11.3 Å². The smallest absolute Gasteiger partial charge is 0.265 e. The van der Waals surface area contributed by atoms with Crippen LogP contribution in [0.1, 0.15) is 40.8 Å². The topological polar surface area (TPSA) is 78.4 Å². The third kappa shape index (κ3) is 4.91. The van der Waals surface area contributed by atoms with Crippen molar-refractivity contribution in [3.63, 3.8) is 0 Å². The summed E-state index contributed by atoms with van der Waals surface area (Å²) in [5.41, 5.74) is 0.813. The number of amides is 2. The summed E-state index contributed by atoms with van der Waals surface area (Å²) in [7, 11) is 0. The van der Waals surface area contributed by atoms with E-state index in [2.05, 4.69) is 10.6 Å². The summed E-state index contributed by atoms with van der Waals surface area (Å²) < 4.78 is 0. The molecule has 2 amide bonds. The number of aliphatic hydroxyl groups is 1. The first-order valence-corrected chi connectivity index (χ1v) is 8.56. The van der Waals surface area contributed by atoms with E-state index in [1.54, 1.807) is 30.3 Å². The van der Waals surface area contributed by atoms with Gasteiger partial charge in [-0.2, -0.15) is 0 Å². The average Bonchev–Trinajstić information content (AvgIpc) is 3.06. The summed E-state index contributed by atoms with van der Waals surface area (Å²) in [6.45, 7) is 5.93. The SMILES string of the molecule is CC(C)(C)C(O)CNC(=O)c1ccc(NC(=O)c2cccs2)cc1. The van der Waals surface area contributed by atoms with Crippen molar-refractivity contribution in [3.05, 3.63) is 52.2 Å². The molecule has 0 bridgehead atoms. The maximum Gasteiger partial charge on any atom is 0.265 e. The number of thiophene rings is 1. The molecule has 1 atom stereocenters. The van der Waals surface area contributed by atoms with E-state index in [0.29, 0.717) is 16.1 Å². The van der Waals surface area contributed by atoms with Gasteiger partial charge in [0.05, 0.1) is 11.0 Å². The van der Waals surface area contributed by atoms with Crippen molar-refractivity contribution in [2.75, 3.05) is 11.9 Å². The molecule has 3 N–H and O–H groups in total. The van der Waals surface area contributed by atoms with Gasteiger partial charge >= 0.3 is 0 Å². The molecule has 0 fully saturated rings. The van der Waals surface area contributed by atoms with Crippen molar-refractivity contribution in [3.8, 4) is 0 Å². The van der Waals surface area contributed by atoms with Gasteiger partial charge < -0.3 is 15.7 Å². The molecule has 0 radical (unpaired) electrons. The van der Waals surface area contributed by atoms with Gasteiger partial charge in [-0.3, -0.25) is 9.59 Å². The lowest BCUT2D eigenvalue weighted by Gasteiger charge is -2.25. The van der Waals surface area contributed by atoms with Crippen LogP contribution in [0.4, 0.5) is 5.69 Å². The Labute approximate surface area is 145 Å². The molecule has 1 aromatic carbocycles. The van der Waals surface area contributed by atoms with Crippen LogP contribution in [-0.2, 0) is 0 Å². The second-order valence-electron chi connectivity index (χ2n) is 6.60. The van der Waals surface area contributed by atoms with Gasteiger partial charge in [0.1, 0.15) is 0 Å². The Balaban J connectivity index is 1.91. The highest BCUT2D eigenvalue weighted by molar-refractivity contribution is 7.12. The lowest BCUT2D eigenvalue weighted by Crippen LogP contribution is -2.39. The quantitative estimate of drug-likeness (QED) is 0.778. The van der Waals surface area contributed by atoms with Crippen molar-refractivity contribution < 1.29 is 14.7 Å². The molecule has 0 aliphatic heterocycles.